The molecule has 2 heterocycles. The summed E-state index contributed by atoms with van der Waals surface area (Å²) >= 11 is 6.03. The van der Waals surface area contributed by atoms with E-state index >= 15 is 0 Å². The number of nitrogens with zero attached hydrogens (tertiary/aromatic N) is 7. The lowest BCUT2D eigenvalue weighted by atomic mass is 10.0. The summed E-state index contributed by atoms with van der Waals surface area (Å²) in [7, 11) is 3.92. The van der Waals surface area contributed by atoms with Gasteiger partial charge in [0.05, 0.1) is 17.4 Å². The molecule has 0 bridgehead atoms. The number of hydrogen-bond acceptors (Lipinski definition) is 7. The van der Waals surface area contributed by atoms with Crippen LogP contribution in [0.2, 0.25) is 5.02 Å². The van der Waals surface area contributed by atoms with Gasteiger partial charge >= 0.3 is 0 Å². The van der Waals surface area contributed by atoms with E-state index < -0.39 is 6.04 Å². The predicted molar refractivity (Wildman–Crippen MR) is 171 cm³/mol. The highest BCUT2D eigenvalue weighted by Crippen LogP contribution is 2.32. The zero-order valence-electron chi connectivity index (χ0n) is 24.6. The number of fused-ring (bicyclic) bond motifs is 1. The van der Waals surface area contributed by atoms with Gasteiger partial charge in [-0.2, -0.15) is 4.80 Å². The first-order valence-electron chi connectivity index (χ1n) is 14.6. The SMILES string of the molecule is CN(C)c1ccc([C@@H](C(=O)NC2CCCC2)N(C(=O)Cn2nnc(-c3ccc(Cl)cc3)n2)c2cnc3ccccc3c2)cc1. The second-order valence-electron chi connectivity index (χ2n) is 11.2. The molecule has 0 spiro atoms. The molecule has 1 fully saturated rings. The number of rotatable bonds is 9. The Morgan fingerprint density at radius 2 is 1.70 bits per heavy atom. The van der Waals surface area contributed by atoms with E-state index in [2.05, 4.69) is 25.7 Å². The van der Waals surface area contributed by atoms with Gasteiger partial charge in [0, 0.05) is 41.8 Å². The molecule has 10 nitrogen and oxygen atoms in total. The van der Waals surface area contributed by atoms with Crippen LogP contribution in [-0.2, 0) is 16.1 Å². The second kappa shape index (κ2) is 12.8. The van der Waals surface area contributed by atoms with Crippen molar-refractivity contribution in [2.75, 3.05) is 23.9 Å². The van der Waals surface area contributed by atoms with Crippen LogP contribution in [0.4, 0.5) is 11.4 Å². The number of halogens is 1. The minimum Gasteiger partial charge on any atom is -0.378 e. The molecular formula is C33H33ClN8O2. The average Bonchev–Trinajstić information content (AvgIpc) is 3.72. The zero-order valence-corrected chi connectivity index (χ0v) is 25.4. The Hall–Kier alpha value is -4.83. The van der Waals surface area contributed by atoms with Crippen molar-refractivity contribution in [3.05, 3.63) is 95.6 Å². The van der Waals surface area contributed by atoms with Crippen molar-refractivity contribution in [2.45, 2.75) is 44.3 Å². The van der Waals surface area contributed by atoms with Crippen molar-refractivity contribution < 1.29 is 9.59 Å². The van der Waals surface area contributed by atoms with Crippen LogP contribution in [0.3, 0.4) is 0 Å². The third kappa shape index (κ3) is 6.40. The Balaban J connectivity index is 1.40. The van der Waals surface area contributed by atoms with E-state index in [0.29, 0.717) is 22.1 Å². The molecule has 3 aromatic carbocycles. The zero-order chi connectivity index (χ0) is 30.6. The van der Waals surface area contributed by atoms with Crippen LogP contribution in [-0.4, -0.2) is 57.1 Å². The lowest BCUT2D eigenvalue weighted by Crippen LogP contribution is -2.47. The maximum absolute atomic E-state index is 14.3. The molecule has 2 aromatic heterocycles. The maximum atomic E-state index is 14.3. The van der Waals surface area contributed by atoms with Crippen molar-refractivity contribution in [1.29, 1.82) is 0 Å². The van der Waals surface area contributed by atoms with Crippen molar-refractivity contribution in [2.24, 2.45) is 0 Å². The van der Waals surface area contributed by atoms with Crippen LogP contribution in [0.5, 0.6) is 0 Å². The Bertz CT molecular complexity index is 1770. The second-order valence-corrected chi connectivity index (χ2v) is 11.6. The molecule has 1 saturated carbocycles. The smallest absolute Gasteiger partial charge is 0.251 e. The minimum atomic E-state index is -0.957. The van der Waals surface area contributed by atoms with Crippen molar-refractivity contribution in [3.8, 4) is 11.4 Å². The fourth-order valence-electron chi connectivity index (χ4n) is 5.57. The van der Waals surface area contributed by atoms with Gasteiger partial charge in [-0.25, -0.2) is 0 Å². The molecule has 2 amide bonds. The molecule has 1 aliphatic carbocycles. The van der Waals surface area contributed by atoms with Crippen molar-refractivity contribution >= 4 is 45.7 Å². The van der Waals surface area contributed by atoms with Gasteiger partial charge in [-0.15, -0.1) is 10.2 Å². The summed E-state index contributed by atoms with van der Waals surface area (Å²) in [5.74, 6) is -0.266. The van der Waals surface area contributed by atoms with Crippen molar-refractivity contribution in [3.63, 3.8) is 0 Å². The Labute approximate surface area is 260 Å². The standard InChI is InChI=1S/C33H33ClN8O2/c1-40(2)27-17-13-22(14-18-27)31(33(44)36-26-8-4-5-9-26)42(28-19-24-7-3-6-10-29(24)35-20-28)30(43)21-41-38-32(37-39-41)23-11-15-25(34)16-12-23/h3,6-7,10-20,26,31H,4-5,8-9,21H2,1-2H3,(H,36,44)/t31-/m0/s1. The fourth-order valence-corrected chi connectivity index (χ4v) is 5.70. The monoisotopic (exact) mass is 608 g/mol. The summed E-state index contributed by atoms with van der Waals surface area (Å²) in [5, 5.41) is 17.4. The highest BCUT2D eigenvalue weighted by Gasteiger charge is 2.35. The molecule has 5 aromatic rings. The average molecular weight is 609 g/mol. The fraction of sp³-hybridized carbons (Fsp3) is 0.273. The number of para-hydroxylation sites is 1. The summed E-state index contributed by atoms with van der Waals surface area (Å²) in [6, 6.07) is 23.4. The quantitative estimate of drug-likeness (QED) is 0.237. The molecule has 44 heavy (non-hydrogen) atoms. The van der Waals surface area contributed by atoms with Crippen LogP contribution < -0.4 is 15.1 Å². The van der Waals surface area contributed by atoms with Crippen LogP contribution in [0, 0.1) is 0 Å². The molecule has 1 N–H and O–H groups in total. The molecule has 0 aliphatic heterocycles. The van der Waals surface area contributed by atoms with E-state index in [0.717, 1.165) is 47.8 Å². The number of anilines is 2. The van der Waals surface area contributed by atoms with Gasteiger partial charge in [0.25, 0.3) is 5.91 Å². The molecule has 11 heteroatoms. The molecule has 1 aliphatic rings. The Morgan fingerprint density at radius 3 is 2.43 bits per heavy atom. The first-order chi connectivity index (χ1) is 21.4. The molecule has 6 rings (SSSR count). The van der Waals surface area contributed by atoms with Crippen LogP contribution in [0.25, 0.3) is 22.3 Å². The van der Waals surface area contributed by atoms with E-state index in [4.69, 9.17) is 11.6 Å². The number of tetrazole rings is 1. The van der Waals surface area contributed by atoms with Crippen molar-refractivity contribution in [1.82, 2.24) is 30.5 Å². The summed E-state index contributed by atoms with van der Waals surface area (Å²) in [4.78, 5) is 37.9. The lowest BCUT2D eigenvalue weighted by molar-refractivity contribution is -0.127. The highest BCUT2D eigenvalue weighted by atomic mass is 35.5. The van der Waals surface area contributed by atoms with E-state index in [1.807, 2.05) is 73.6 Å². The summed E-state index contributed by atoms with van der Waals surface area (Å²) in [5.41, 5.74) is 3.67. The van der Waals surface area contributed by atoms with Gasteiger partial charge in [-0.1, -0.05) is 54.8 Å². The summed E-state index contributed by atoms with van der Waals surface area (Å²) < 4.78 is 0. The molecule has 1 atom stereocenters. The van der Waals surface area contributed by atoms with Gasteiger partial charge in [0.15, 0.2) is 0 Å². The highest BCUT2D eigenvalue weighted by molar-refractivity contribution is 6.30. The lowest BCUT2D eigenvalue weighted by Gasteiger charge is -2.32. The Morgan fingerprint density at radius 1 is 0.977 bits per heavy atom. The third-order valence-corrected chi connectivity index (χ3v) is 8.14. The van der Waals surface area contributed by atoms with E-state index in [1.165, 1.54) is 9.70 Å². The number of nitrogens with one attached hydrogen (secondary N) is 1. The molecule has 0 saturated heterocycles. The minimum absolute atomic E-state index is 0.0663. The number of pyridine rings is 1. The van der Waals surface area contributed by atoms with E-state index in [9.17, 15) is 9.59 Å². The van der Waals surface area contributed by atoms with Gasteiger partial charge in [-0.3, -0.25) is 19.5 Å². The van der Waals surface area contributed by atoms with Crippen LogP contribution in [0.15, 0.2) is 85.1 Å². The summed E-state index contributed by atoms with van der Waals surface area (Å²) in [6.45, 7) is -0.240. The largest absolute Gasteiger partial charge is 0.378 e. The third-order valence-electron chi connectivity index (χ3n) is 7.89. The number of benzene rings is 3. The topological polar surface area (TPSA) is 109 Å². The number of aromatic nitrogens is 5. The van der Waals surface area contributed by atoms with E-state index in [1.54, 1.807) is 30.5 Å². The number of amides is 2. The van der Waals surface area contributed by atoms with Gasteiger partial charge < -0.3 is 10.2 Å². The Kier molecular flexibility index (Phi) is 8.51. The molecule has 224 valence electrons. The van der Waals surface area contributed by atoms with Crippen LogP contribution >= 0.6 is 11.6 Å². The molecular weight excluding hydrogens is 576 g/mol. The van der Waals surface area contributed by atoms with E-state index in [-0.39, 0.29) is 24.4 Å². The molecule has 0 radical (unpaired) electrons. The molecule has 0 unspecified atom stereocenters. The van der Waals surface area contributed by atoms with Gasteiger partial charge in [0.1, 0.15) is 12.6 Å². The number of hydrogen-bond donors (Lipinski definition) is 1. The van der Waals surface area contributed by atoms with Gasteiger partial charge in [-0.05, 0) is 72.1 Å². The number of carbonyl (C=O) groups is 2. The van der Waals surface area contributed by atoms with Crippen LogP contribution in [0.1, 0.15) is 37.3 Å². The predicted octanol–water partition coefficient (Wildman–Crippen LogP) is 5.44. The first kappa shape index (κ1) is 29.3. The van der Waals surface area contributed by atoms with Gasteiger partial charge in [0.2, 0.25) is 11.7 Å². The first-order valence-corrected chi connectivity index (χ1v) is 15.0. The normalized spacial score (nSPS) is 14.0. The maximum Gasteiger partial charge on any atom is 0.251 e. The summed E-state index contributed by atoms with van der Waals surface area (Å²) in [6.07, 6.45) is 5.61. The number of carbonyl (C=O) groups excluding carboxylic acids is 2.